The van der Waals surface area contributed by atoms with E-state index in [9.17, 15) is 9.59 Å². The number of hydrogen-bond donors (Lipinski definition) is 1. The van der Waals surface area contributed by atoms with Crippen LogP contribution in [0.15, 0.2) is 73.3 Å². The molecule has 2 amide bonds. The lowest BCUT2D eigenvalue weighted by molar-refractivity contribution is -0.125. The largest absolute Gasteiger partial charge is 0.339 e. The van der Waals surface area contributed by atoms with Gasteiger partial charge in [-0.15, -0.1) is 11.3 Å². The predicted octanol–water partition coefficient (Wildman–Crippen LogP) is 5.63. The number of nitrogens with zero attached hydrogens (tertiary/aromatic N) is 4. The minimum Gasteiger partial charge on any atom is -0.339 e. The van der Waals surface area contributed by atoms with Crippen LogP contribution in [0, 0.1) is 16.7 Å². The first-order valence-corrected chi connectivity index (χ1v) is 13.1. The minimum absolute atomic E-state index is 0.00215. The second kappa shape index (κ2) is 9.02. The average Bonchev–Trinajstić information content (AvgIpc) is 3.64. The van der Waals surface area contributed by atoms with E-state index in [1.165, 1.54) is 17.4 Å². The lowest BCUT2D eigenvalue weighted by atomic mass is 9.65. The summed E-state index contributed by atoms with van der Waals surface area (Å²) in [5, 5.41) is 12.1. The molecule has 1 saturated heterocycles. The minimum atomic E-state index is -0.195. The number of anilines is 1. The van der Waals surface area contributed by atoms with E-state index in [4.69, 9.17) is 10.2 Å². The van der Waals surface area contributed by atoms with Crippen molar-refractivity contribution in [2.75, 3.05) is 18.4 Å². The molecular weight excluding hydrogens is 482 g/mol. The molecule has 2 aromatic heterocycles. The molecule has 1 aliphatic heterocycles. The molecular formula is C29H25N5O2S. The number of nitriles is 1. The highest BCUT2D eigenvalue weighted by Gasteiger charge is 2.50. The average molecular weight is 508 g/mol. The van der Waals surface area contributed by atoms with Gasteiger partial charge >= 0.3 is 0 Å². The van der Waals surface area contributed by atoms with Crippen LogP contribution in [-0.4, -0.2) is 39.4 Å². The zero-order valence-electron chi connectivity index (χ0n) is 20.2. The predicted molar refractivity (Wildman–Crippen MR) is 144 cm³/mol. The van der Waals surface area contributed by atoms with Crippen molar-refractivity contribution >= 4 is 40.1 Å². The van der Waals surface area contributed by atoms with Gasteiger partial charge in [-0.05, 0) is 72.7 Å². The maximum Gasteiger partial charge on any atom is 0.268 e. The number of nitrogens with one attached hydrogen (secondary N) is 1. The lowest BCUT2D eigenvalue weighted by Crippen LogP contribution is -2.42. The second-order valence-corrected chi connectivity index (χ2v) is 11.0. The molecule has 1 spiro atoms. The summed E-state index contributed by atoms with van der Waals surface area (Å²) in [6, 6.07) is 21.4. The number of carbonyl (C=O) groups is 2. The Morgan fingerprint density at radius 3 is 2.68 bits per heavy atom. The summed E-state index contributed by atoms with van der Waals surface area (Å²) in [6.07, 6.45) is 4.27. The van der Waals surface area contributed by atoms with Crippen LogP contribution in [0.5, 0.6) is 0 Å². The first-order valence-electron chi connectivity index (χ1n) is 12.3. The summed E-state index contributed by atoms with van der Waals surface area (Å²) < 4.78 is 2.16. The van der Waals surface area contributed by atoms with Gasteiger partial charge in [0, 0.05) is 24.0 Å². The maximum atomic E-state index is 13.3. The summed E-state index contributed by atoms with van der Waals surface area (Å²) in [6.45, 7) is 5.15. The van der Waals surface area contributed by atoms with Gasteiger partial charge < -0.3 is 9.47 Å². The van der Waals surface area contributed by atoms with Gasteiger partial charge in [0.25, 0.3) is 5.91 Å². The number of likely N-dealkylation sites (tertiary alicyclic amines) is 1. The molecule has 0 unspecified atom stereocenters. The topological polar surface area (TPSA) is 91.0 Å². The van der Waals surface area contributed by atoms with Gasteiger partial charge in [0.2, 0.25) is 11.9 Å². The second-order valence-electron chi connectivity index (χ2n) is 9.88. The molecule has 2 fully saturated rings. The first kappa shape index (κ1) is 23.2. The van der Waals surface area contributed by atoms with Crippen molar-refractivity contribution in [3.8, 4) is 16.5 Å². The summed E-state index contributed by atoms with van der Waals surface area (Å²) in [5.41, 5.74) is 3.54. The Labute approximate surface area is 218 Å². The molecule has 1 N–H and O–H groups in total. The molecule has 6 rings (SSSR count). The van der Waals surface area contributed by atoms with Crippen LogP contribution < -0.4 is 5.32 Å². The molecule has 4 aromatic rings. The SMILES string of the molecule is C=CC(=O)N1CC[C@]2(C1)C[C@H](n1c(NC(=O)c3ccc(-c4ccc(C#N)cc4)s3)nc3ccccc31)C2. The molecule has 8 heteroatoms. The van der Waals surface area contributed by atoms with Crippen LogP contribution in [0.25, 0.3) is 21.5 Å². The monoisotopic (exact) mass is 507 g/mol. The Morgan fingerprint density at radius 1 is 1.14 bits per heavy atom. The maximum absolute atomic E-state index is 13.3. The summed E-state index contributed by atoms with van der Waals surface area (Å²) >= 11 is 1.41. The highest BCUT2D eigenvalue weighted by molar-refractivity contribution is 7.17. The lowest BCUT2D eigenvalue weighted by Gasteiger charge is -2.46. The quantitative estimate of drug-likeness (QED) is 0.355. The van der Waals surface area contributed by atoms with E-state index >= 15 is 0 Å². The molecule has 0 atom stereocenters. The van der Waals surface area contributed by atoms with E-state index in [0.29, 0.717) is 16.4 Å². The Bertz CT molecular complexity index is 1570. The Hall–Kier alpha value is -4.22. The third kappa shape index (κ3) is 4.11. The number of amides is 2. The van der Waals surface area contributed by atoms with Gasteiger partial charge in [0.1, 0.15) is 0 Å². The number of para-hydroxylation sites is 2. The third-order valence-corrected chi connectivity index (χ3v) is 8.71. The molecule has 7 nitrogen and oxygen atoms in total. The molecule has 2 aromatic carbocycles. The normalized spacial score (nSPS) is 20.5. The summed E-state index contributed by atoms with van der Waals surface area (Å²) in [5.74, 6) is 0.355. The van der Waals surface area contributed by atoms with E-state index in [1.807, 2.05) is 53.4 Å². The standard InChI is InChI=1S/C29H25N5O2S/c1-2-26(35)33-14-13-29(18-33)15-21(16-29)34-23-6-4-3-5-22(23)31-28(34)32-27(36)25-12-11-24(37-25)20-9-7-19(17-30)8-10-20/h2-12,21H,1,13-16,18H2,(H,31,32,36)/t21-,29-. The van der Waals surface area contributed by atoms with E-state index in [-0.39, 0.29) is 23.3 Å². The molecule has 184 valence electrons. The summed E-state index contributed by atoms with van der Waals surface area (Å²) in [7, 11) is 0. The van der Waals surface area contributed by atoms with E-state index in [0.717, 1.165) is 53.8 Å². The van der Waals surface area contributed by atoms with Crippen molar-refractivity contribution in [3.05, 3.63) is 83.8 Å². The molecule has 1 saturated carbocycles. The molecule has 0 bridgehead atoms. The Morgan fingerprint density at radius 2 is 1.92 bits per heavy atom. The molecule has 1 aliphatic carbocycles. The fourth-order valence-corrected chi connectivity index (χ4v) is 6.60. The van der Waals surface area contributed by atoms with Gasteiger partial charge in [0.15, 0.2) is 0 Å². The van der Waals surface area contributed by atoms with Crippen LogP contribution in [-0.2, 0) is 4.79 Å². The van der Waals surface area contributed by atoms with Crippen LogP contribution in [0.4, 0.5) is 5.95 Å². The zero-order chi connectivity index (χ0) is 25.6. The van der Waals surface area contributed by atoms with Crippen molar-refractivity contribution in [3.63, 3.8) is 0 Å². The molecule has 3 heterocycles. The van der Waals surface area contributed by atoms with Gasteiger partial charge in [-0.3, -0.25) is 14.9 Å². The first-order chi connectivity index (χ1) is 18.0. The van der Waals surface area contributed by atoms with Crippen LogP contribution >= 0.6 is 11.3 Å². The van der Waals surface area contributed by atoms with Gasteiger partial charge in [0.05, 0.1) is 27.5 Å². The van der Waals surface area contributed by atoms with Crippen molar-refractivity contribution in [1.82, 2.24) is 14.5 Å². The summed E-state index contributed by atoms with van der Waals surface area (Å²) in [4.78, 5) is 33.6. The Kier molecular flexibility index (Phi) is 5.65. The zero-order valence-corrected chi connectivity index (χ0v) is 21.0. The van der Waals surface area contributed by atoms with Gasteiger partial charge in [-0.1, -0.05) is 30.8 Å². The molecule has 37 heavy (non-hydrogen) atoms. The fraction of sp³-hybridized carbons (Fsp3) is 0.241. The van der Waals surface area contributed by atoms with Crippen molar-refractivity contribution in [2.45, 2.75) is 25.3 Å². The number of benzene rings is 2. The molecule has 2 aliphatic rings. The number of aromatic nitrogens is 2. The highest BCUT2D eigenvalue weighted by atomic mass is 32.1. The van der Waals surface area contributed by atoms with Crippen LogP contribution in [0.3, 0.4) is 0 Å². The van der Waals surface area contributed by atoms with Crippen molar-refractivity contribution in [2.24, 2.45) is 5.41 Å². The highest BCUT2D eigenvalue weighted by Crippen LogP contribution is 2.55. The van der Waals surface area contributed by atoms with Crippen molar-refractivity contribution < 1.29 is 9.59 Å². The fourth-order valence-electron chi connectivity index (χ4n) is 5.70. The number of thiophene rings is 1. The van der Waals surface area contributed by atoms with Gasteiger partial charge in [-0.25, -0.2) is 4.98 Å². The van der Waals surface area contributed by atoms with Crippen LogP contribution in [0.1, 0.15) is 40.5 Å². The van der Waals surface area contributed by atoms with E-state index in [2.05, 4.69) is 22.5 Å². The number of carbonyl (C=O) groups excluding carboxylic acids is 2. The van der Waals surface area contributed by atoms with Gasteiger partial charge in [-0.2, -0.15) is 5.26 Å². The van der Waals surface area contributed by atoms with Crippen molar-refractivity contribution in [1.29, 1.82) is 5.26 Å². The number of hydrogen-bond acceptors (Lipinski definition) is 5. The molecule has 0 radical (unpaired) electrons. The smallest absolute Gasteiger partial charge is 0.268 e. The van der Waals surface area contributed by atoms with E-state index < -0.39 is 0 Å². The number of rotatable bonds is 5. The number of imidazole rings is 1. The number of fused-ring (bicyclic) bond motifs is 1. The van der Waals surface area contributed by atoms with Crippen LogP contribution in [0.2, 0.25) is 0 Å². The van der Waals surface area contributed by atoms with E-state index in [1.54, 1.807) is 12.1 Å². The Balaban J connectivity index is 1.23. The third-order valence-electron chi connectivity index (χ3n) is 7.58.